The summed E-state index contributed by atoms with van der Waals surface area (Å²) in [4.78, 5) is 2.29. The summed E-state index contributed by atoms with van der Waals surface area (Å²) in [5, 5.41) is 0. The quantitative estimate of drug-likeness (QED) is 0.415. The third-order valence-corrected chi connectivity index (χ3v) is 6.23. The van der Waals surface area contributed by atoms with Crippen molar-refractivity contribution in [2.75, 3.05) is 12.0 Å². The normalized spacial score (nSPS) is 13.9. The van der Waals surface area contributed by atoms with Crippen molar-refractivity contribution in [3.63, 3.8) is 0 Å². The lowest BCUT2D eigenvalue weighted by Gasteiger charge is -2.42. The molecule has 3 heterocycles. The summed E-state index contributed by atoms with van der Waals surface area (Å²) in [6.45, 7) is 0.102. The first-order valence-electron chi connectivity index (χ1n) is 10.0. The fraction of sp³-hybridized carbons (Fsp3) is 0.0400. The molecule has 0 unspecified atom stereocenters. The highest BCUT2D eigenvalue weighted by atomic mass is 16.5. The predicted octanol–water partition coefficient (Wildman–Crippen LogP) is 4.21. The highest BCUT2D eigenvalue weighted by molar-refractivity contribution is 7.00. The molecule has 0 aliphatic carbocycles. The van der Waals surface area contributed by atoms with Crippen LogP contribution < -0.4 is 35.5 Å². The van der Waals surface area contributed by atoms with Gasteiger partial charge in [-0.2, -0.15) is 0 Å². The van der Waals surface area contributed by atoms with Crippen molar-refractivity contribution in [3.05, 3.63) is 78.9 Å². The van der Waals surface area contributed by atoms with Crippen LogP contribution in [0.2, 0.25) is 0 Å². The summed E-state index contributed by atoms with van der Waals surface area (Å²) < 4.78 is 18.1. The van der Waals surface area contributed by atoms with Gasteiger partial charge in [0, 0.05) is 22.5 Å². The van der Waals surface area contributed by atoms with Crippen LogP contribution in [0.25, 0.3) is 0 Å². The van der Waals surface area contributed by atoms with Crippen LogP contribution >= 0.6 is 0 Å². The topological polar surface area (TPSA) is 30.9 Å². The molecule has 4 nitrogen and oxygen atoms in total. The summed E-state index contributed by atoms with van der Waals surface area (Å²) in [6.07, 6.45) is 0. The van der Waals surface area contributed by atoms with Crippen molar-refractivity contribution in [1.29, 1.82) is 0 Å². The lowest BCUT2D eigenvalue weighted by molar-refractivity contribution is 0.415. The second-order valence-corrected chi connectivity index (χ2v) is 7.72. The van der Waals surface area contributed by atoms with Crippen LogP contribution in [0.3, 0.4) is 0 Å². The molecule has 4 aromatic rings. The first-order valence-corrected chi connectivity index (χ1v) is 10.0. The smallest absolute Gasteiger partial charge is 0.266 e. The van der Waals surface area contributed by atoms with E-state index >= 15 is 0 Å². The monoisotopic (exact) mass is 389 g/mol. The van der Waals surface area contributed by atoms with Crippen molar-refractivity contribution in [1.82, 2.24) is 0 Å². The number of methoxy groups -OCH3 is 1. The van der Waals surface area contributed by atoms with E-state index in [0.717, 1.165) is 51.3 Å². The zero-order valence-corrected chi connectivity index (χ0v) is 16.3. The Balaban J connectivity index is 1.56. The maximum atomic E-state index is 6.34. The van der Waals surface area contributed by atoms with Gasteiger partial charge in [-0.15, -0.1) is 0 Å². The molecule has 142 valence electrons. The molecule has 0 spiro atoms. The van der Waals surface area contributed by atoms with E-state index < -0.39 is 0 Å². The summed E-state index contributed by atoms with van der Waals surface area (Å²) in [5.41, 5.74) is 6.84. The molecule has 5 heteroatoms. The minimum absolute atomic E-state index is 0.102. The largest absolute Gasteiger partial charge is 0.497 e. The minimum atomic E-state index is 0.102. The molecule has 4 aromatic carbocycles. The molecular weight excluding hydrogens is 373 g/mol. The molecule has 0 radical (unpaired) electrons. The average molecular weight is 389 g/mol. The molecule has 0 atom stereocenters. The zero-order valence-electron chi connectivity index (χ0n) is 16.3. The van der Waals surface area contributed by atoms with E-state index in [-0.39, 0.29) is 6.71 Å². The summed E-state index contributed by atoms with van der Waals surface area (Å²) >= 11 is 0. The van der Waals surface area contributed by atoms with E-state index in [4.69, 9.17) is 14.2 Å². The molecule has 0 fully saturated rings. The Kier molecular flexibility index (Phi) is 2.99. The Hall–Kier alpha value is -3.86. The summed E-state index contributed by atoms with van der Waals surface area (Å²) in [6, 6.07) is 26.8. The van der Waals surface area contributed by atoms with Crippen LogP contribution in [0, 0.1) is 0 Å². The van der Waals surface area contributed by atoms with Gasteiger partial charge in [-0.3, -0.25) is 0 Å². The van der Waals surface area contributed by atoms with Crippen molar-refractivity contribution in [3.8, 4) is 28.7 Å². The lowest BCUT2D eigenvalue weighted by atomic mass is 9.33. The molecule has 0 saturated heterocycles. The van der Waals surface area contributed by atoms with Gasteiger partial charge in [0.15, 0.2) is 0 Å². The molecule has 0 aromatic heterocycles. The molecular formula is C25H16BNO3. The van der Waals surface area contributed by atoms with Crippen LogP contribution in [0.4, 0.5) is 17.1 Å². The van der Waals surface area contributed by atoms with Crippen LogP contribution in [0.1, 0.15) is 0 Å². The number of nitrogens with zero attached hydrogens (tertiary/aromatic N) is 1. The highest BCUT2D eigenvalue weighted by Gasteiger charge is 2.46. The lowest BCUT2D eigenvalue weighted by Crippen LogP contribution is -2.61. The van der Waals surface area contributed by atoms with Crippen LogP contribution in [-0.4, -0.2) is 13.8 Å². The number of hydrogen-bond acceptors (Lipinski definition) is 4. The van der Waals surface area contributed by atoms with Gasteiger partial charge < -0.3 is 19.1 Å². The maximum Gasteiger partial charge on any atom is 0.266 e. The third kappa shape index (κ3) is 1.92. The summed E-state index contributed by atoms with van der Waals surface area (Å²) in [7, 11) is 1.69. The zero-order chi connectivity index (χ0) is 19.8. The first-order chi connectivity index (χ1) is 14.8. The molecule has 0 bridgehead atoms. The number of hydrogen-bond donors (Lipinski definition) is 0. The molecule has 3 aliphatic heterocycles. The third-order valence-electron chi connectivity index (χ3n) is 6.23. The van der Waals surface area contributed by atoms with Gasteiger partial charge in [-0.05, 0) is 71.6 Å². The van der Waals surface area contributed by atoms with Gasteiger partial charge in [0.1, 0.15) is 28.7 Å². The fourth-order valence-corrected chi connectivity index (χ4v) is 5.01. The van der Waals surface area contributed by atoms with Gasteiger partial charge in [-0.25, -0.2) is 0 Å². The van der Waals surface area contributed by atoms with Gasteiger partial charge in [0.2, 0.25) is 0 Å². The van der Waals surface area contributed by atoms with Crippen molar-refractivity contribution in [2.45, 2.75) is 0 Å². The van der Waals surface area contributed by atoms with E-state index in [1.165, 1.54) is 10.9 Å². The van der Waals surface area contributed by atoms with E-state index in [1.807, 2.05) is 30.3 Å². The van der Waals surface area contributed by atoms with E-state index in [2.05, 4.69) is 53.4 Å². The van der Waals surface area contributed by atoms with Gasteiger partial charge in [0.25, 0.3) is 6.71 Å². The van der Waals surface area contributed by atoms with Crippen molar-refractivity contribution in [2.24, 2.45) is 0 Å². The van der Waals surface area contributed by atoms with Gasteiger partial charge >= 0.3 is 0 Å². The average Bonchev–Trinajstić information content (AvgIpc) is 2.79. The van der Waals surface area contributed by atoms with Gasteiger partial charge in [-0.1, -0.05) is 18.2 Å². The number of rotatable bonds is 2. The molecule has 30 heavy (non-hydrogen) atoms. The molecule has 7 rings (SSSR count). The predicted molar refractivity (Wildman–Crippen MR) is 119 cm³/mol. The Morgan fingerprint density at radius 3 is 1.67 bits per heavy atom. The first kappa shape index (κ1) is 16.0. The fourth-order valence-electron chi connectivity index (χ4n) is 5.01. The minimum Gasteiger partial charge on any atom is -0.497 e. The van der Waals surface area contributed by atoms with Gasteiger partial charge in [0.05, 0.1) is 7.11 Å². The van der Waals surface area contributed by atoms with Crippen molar-refractivity contribution < 1.29 is 14.2 Å². The SMILES string of the molecule is COc1ccc(N2c3cccc4c3B3c5c(cccc5Oc5cccc2c53)O4)cc1. The number of benzene rings is 4. The Morgan fingerprint density at radius 1 is 0.633 bits per heavy atom. The van der Waals surface area contributed by atoms with E-state index in [1.54, 1.807) is 7.11 Å². The van der Waals surface area contributed by atoms with E-state index in [9.17, 15) is 0 Å². The molecule has 3 aliphatic rings. The highest BCUT2D eigenvalue weighted by Crippen LogP contribution is 2.45. The molecule has 0 amide bonds. The number of ether oxygens (including phenoxy) is 3. The van der Waals surface area contributed by atoms with Crippen LogP contribution in [-0.2, 0) is 0 Å². The summed E-state index contributed by atoms with van der Waals surface area (Å²) in [5.74, 6) is 4.40. The van der Waals surface area contributed by atoms with Crippen LogP contribution in [0.15, 0.2) is 78.9 Å². The molecule has 0 N–H and O–H groups in total. The second-order valence-electron chi connectivity index (χ2n) is 7.72. The van der Waals surface area contributed by atoms with E-state index in [0.29, 0.717) is 0 Å². The standard InChI is InChI=1S/C25H16BNO3/c1-28-16-13-11-15(12-14-16)27-17-5-2-7-19-23(17)26-24-18(27)6-3-8-20(24)30-22-10-4-9-21(29-19)25(22)26/h2-14H,1H3. The number of anilines is 3. The Bertz CT molecular complexity index is 1270. The second kappa shape index (κ2) is 5.60. The molecule has 0 saturated carbocycles. The Morgan fingerprint density at radius 2 is 1.13 bits per heavy atom. The van der Waals surface area contributed by atoms with Crippen LogP contribution in [0.5, 0.6) is 28.7 Å². The maximum absolute atomic E-state index is 6.34. The van der Waals surface area contributed by atoms with Crippen molar-refractivity contribution >= 4 is 40.2 Å². The Labute approximate surface area is 174 Å².